The molecule has 0 saturated carbocycles. The van der Waals surface area contributed by atoms with E-state index in [9.17, 15) is 22.8 Å². The second-order valence-corrected chi connectivity index (χ2v) is 5.99. The number of esters is 1. The van der Waals surface area contributed by atoms with E-state index in [2.05, 4.69) is 5.32 Å². The SMILES string of the molecule is CCCCOc1ccc(C(=O)O[C@@H](C)C(=O)Nc2ccc(F)c(F)c2F)cc1. The number of hydrogen-bond donors (Lipinski definition) is 1. The van der Waals surface area contributed by atoms with E-state index in [0.717, 1.165) is 18.9 Å². The Labute approximate surface area is 160 Å². The van der Waals surface area contributed by atoms with Crippen LogP contribution in [0, 0.1) is 17.5 Å². The molecule has 0 aliphatic heterocycles. The van der Waals surface area contributed by atoms with Gasteiger partial charge < -0.3 is 14.8 Å². The number of ether oxygens (including phenoxy) is 2. The number of rotatable bonds is 8. The van der Waals surface area contributed by atoms with Crippen LogP contribution in [0.2, 0.25) is 0 Å². The number of halogens is 3. The van der Waals surface area contributed by atoms with Crippen molar-refractivity contribution in [3.63, 3.8) is 0 Å². The van der Waals surface area contributed by atoms with Gasteiger partial charge in [-0.3, -0.25) is 4.79 Å². The number of amides is 1. The zero-order valence-corrected chi connectivity index (χ0v) is 15.4. The van der Waals surface area contributed by atoms with Crippen molar-refractivity contribution < 1.29 is 32.2 Å². The van der Waals surface area contributed by atoms with E-state index in [-0.39, 0.29) is 5.56 Å². The molecular weight excluding hydrogens is 375 g/mol. The molecule has 0 saturated heterocycles. The van der Waals surface area contributed by atoms with E-state index in [1.807, 2.05) is 6.92 Å². The number of nitrogens with one attached hydrogen (secondary N) is 1. The quantitative estimate of drug-likeness (QED) is 0.407. The third-order valence-corrected chi connectivity index (χ3v) is 3.80. The molecule has 5 nitrogen and oxygen atoms in total. The number of hydrogen-bond acceptors (Lipinski definition) is 4. The molecule has 28 heavy (non-hydrogen) atoms. The van der Waals surface area contributed by atoms with Crippen molar-refractivity contribution in [2.24, 2.45) is 0 Å². The van der Waals surface area contributed by atoms with Crippen LogP contribution in [-0.4, -0.2) is 24.6 Å². The Morgan fingerprint density at radius 2 is 1.71 bits per heavy atom. The molecule has 0 unspecified atom stereocenters. The highest BCUT2D eigenvalue weighted by Gasteiger charge is 2.22. The smallest absolute Gasteiger partial charge is 0.338 e. The summed E-state index contributed by atoms with van der Waals surface area (Å²) in [6.45, 7) is 3.88. The Kier molecular flexibility index (Phi) is 7.43. The zero-order chi connectivity index (χ0) is 20.7. The highest BCUT2D eigenvalue weighted by molar-refractivity contribution is 5.97. The van der Waals surface area contributed by atoms with Gasteiger partial charge in [0.2, 0.25) is 0 Å². The molecule has 0 heterocycles. The van der Waals surface area contributed by atoms with Crippen molar-refractivity contribution in [2.75, 3.05) is 11.9 Å². The summed E-state index contributed by atoms with van der Waals surface area (Å²) >= 11 is 0. The van der Waals surface area contributed by atoms with E-state index in [1.54, 1.807) is 12.1 Å². The van der Waals surface area contributed by atoms with Gasteiger partial charge in [-0.25, -0.2) is 18.0 Å². The molecule has 1 atom stereocenters. The lowest BCUT2D eigenvalue weighted by Gasteiger charge is -2.14. The maximum absolute atomic E-state index is 13.6. The molecule has 1 amide bonds. The lowest BCUT2D eigenvalue weighted by Crippen LogP contribution is -2.30. The average molecular weight is 395 g/mol. The second-order valence-electron chi connectivity index (χ2n) is 5.99. The average Bonchev–Trinajstić information content (AvgIpc) is 2.69. The second kappa shape index (κ2) is 9.77. The van der Waals surface area contributed by atoms with Crippen LogP contribution in [0.1, 0.15) is 37.0 Å². The molecule has 2 aromatic carbocycles. The Morgan fingerprint density at radius 3 is 2.36 bits per heavy atom. The summed E-state index contributed by atoms with van der Waals surface area (Å²) in [6.07, 6.45) is 0.619. The van der Waals surface area contributed by atoms with E-state index in [1.165, 1.54) is 19.1 Å². The molecular formula is C20H20F3NO4. The first-order valence-corrected chi connectivity index (χ1v) is 8.71. The van der Waals surface area contributed by atoms with E-state index >= 15 is 0 Å². The summed E-state index contributed by atoms with van der Waals surface area (Å²) in [5, 5.41) is 2.05. The Morgan fingerprint density at radius 1 is 1.04 bits per heavy atom. The number of carbonyl (C=O) groups is 2. The topological polar surface area (TPSA) is 64.6 Å². The summed E-state index contributed by atoms with van der Waals surface area (Å²) in [7, 11) is 0. The van der Waals surface area contributed by atoms with Crippen molar-refractivity contribution >= 4 is 17.6 Å². The fraction of sp³-hybridized carbons (Fsp3) is 0.300. The van der Waals surface area contributed by atoms with E-state index in [4.69, 9.17) is 9.47 Å². The third-order valence-electron chi connectivity index (χ3n) is 3.80. The fourth-order valence-corrected chi connectivity index (χ4v) is 2.16. The minimum atomic E-state index is -1.70. The van der Waals surface area contributed by atoms with Crippen LogP contribution in [0.3, 0.4) is 0 Å². The van der Waals surface area contributed by atoms with Gasteiger partial charge in [-0.15, -0.1) is 0 Å². The van der Waals surface area contributed by atoms with E-state index < -0.39 is 41.1 Å². The lowest BCUT2D eigenvalue weighted by molar-refractivity contribution is -0.123. The van der Waals surface area contributed by atoms with Crippen LogP contribution < -0.4 is 10.1 Å². The predicted octanol–water partition coefficient (Wildman–Crippen LogP) is 4.47. The van der Waals surface area contributed by atoms with Crippen LogP contribution >= 0.6 is 0 Å². The van der Waals surface area contributed by atoms with Crippen molar-refractivity contribution in [1.29, 1.82) is 0 Å². The summed E-state index contributed by atoms with van der Waals surface area (Å²) in [5.41, 5.74) is -0.359. The maximum atomic E-state index is 13.6. The van der Waals surface area contributed by atoms with Crippen LogP contribution in [0.15, 0.2) is 36.4 Å². The van der Waals surface area contributed by atoms with Crippen molar-refractivity contribution in [2.45, 2.75) is 32.8 Å². The van der Waals surface area contributed by atoms with Crippen LogP contribution in [0.25, 0.3) is 0 Å². The molecule has 0 aliphatic rings. The minimum Gasteiger partial charge on any atom is -0.494 e. The zero-order valence-electron chi connectivity index (χ0n) is 15.4. The fourth-order valence-electron chi connectivity index (χ4n) is 2.16. The highest BCUT2D eigenvalue weighted by Crippen LogP contribution is 2.20. The number of carbonyl (C=O) groups excluding carboxylic acids is 2. The van der Waals surface area contributed by atoms with Crippen molar-refractivity contribution in [1.82, 2.24) is 0 Å². The van der Waals surface area contributed by atoms with Gasteiger partial charge in [-0.1, -0.05) is 13.3 Å². The van der Waals surface area contributed by atoms with Gasteiger partial charge in [0.1, 0.15) is 5.75 Å². The molecule has 1 N–H and O–H groups in total. The Balaban J connectivity index is 1.94. The van der Waals surface area contributed by atoms with Crippen molar-refractivity contribution in [3.05, 3.63) is 59.4 Å². The molecule has 0 spiro atoms. The van der Waals surface area contributed by atoms with Crippen LogP contribution in [0.5, 0.6) is 5.75 Å². The molecule has 150 valence electrons. The summed E-state index contributed by atoms with van der Waals surface area (Å²) in [6, 6.07) is 7.74. The molecule has 2 aromatic rings. The van der Waals surface area contributed by atoms with Crippen LogP contribution in [0.4, 0.5) is 18.9 Å². The maximum Gasteiger partial charge on any atom is 0.338 e. The van der Waals surface area contributed by atoms with Gasteiger partial charge >= 0.3 is 5.97 Å². The minimum absolute atomic E-state index is 0.196. The first-order valence-electron chi connectivity index (χ1n) is 8.71. The molecule has 0 fully saturated rings. The number of benzene rings is 2. The van der Waals surface area contributed by atoms with Gasteiger partial charge in [-0.05, 0) is 49.7 Å². The predicted molar refractivity (Wildman–Crippen MR) is 96.7 cm³/mol. The molecule has 0 aromatic heterocycles. The van der Waals surface area contributed by atoms with Gasteiger partial charge in [0.05, 0.1) is 17.9 Å². The number of unbranched alkanes of at least 4 members (excludes halogenated alkanes) is 1. The molecule has 8 heteroatoms. The standard InChI is InChI=1S/C20H20F3NO4/c1-3-4-11-27-14-7-5-13(6-8-14)20(26)28-12(2)19(25)24-16-10-9-15(21)17(22)18(16)23/h5-10,12H,3-4,11H2,1-2H3,(H,24,25)/t12-/m0/s1. The van der Waals surface area contributed by atoms with Gasteiger partial charge in [0, 0.05) is 0 Å². The molecule has 2 rings (SSSR count). The highest BCUT2D eigenvalue weighted by atomic mass is 19.2. The first kappa shape index (κ1) is 21.3. The monoisotopic (exact) mass is 395 g/mol. The number of anilines is 1. The molecule has 0 radical (unpaired) electrons. The lowest BCUT2D eigenvalue weighted by atomic mass is 10.2. The normalized spacial score (nSPS) is 11.6. The van der Waals surface area contributed by atoms with Gasteiger partial charge in [0.15, 0.2) is 23.6 Å². The molecule has 0 aliphatic carbocycles. The summed E-state index contributed by atoms with van der Waals surface area (Å²) < 4.78 is 50.3. The largest absolute Gasteiger partial charge is 0.494 e. The Hall–Kier alpha value is -3.03. The van der Waals surface area contributed by atoms with Crippen molar-refractivity contribution in [3.8, 4) is 5.75 Å². The summed E-state index contributed by atoms with van der Waals surface area (Å²) in [4.78, 5) is 24.2. The Bertz CT molecular complexity index is 840. The third kappa shape index (κ3) is 5.48. The summed E-state index contributed by atoms with van der Waals surface area (Å²) in [5.74, 6) is -5.68. The van der Waals surface area contributed by atoms with Gasteiger partial charge in [-0.2, -0.15) is 0 Å². The van der Waals surface area contributed by atoms with Crippen LogP contribution in [-0.2, 0) is 9.53 Å². The van der Waals surface area contributed by atoms with Gasteiger partial charge in [0.25, 0.3) is 5.91 Å². The van der Waals surface area contributed by atoms with E-state index in [0.29, 0.717) is 18.4 Å². The molecule has 0 bridgehead atoms. The first-order chi connectivity index (χ1) is 13.3.